The van der Waals surface area contributed by atoms with E-state index >= 15 is 0 Å². The van der Waals surface area contributed by atoms with E-state index in [4.69, 9.17) is 9.47 Å². The number of hydrogen-bond donors (Lipinski definition) is 1. The average Bonchev–Trinajstić information content (AvgIpc) is 3.12. The van der Waals surface area contributed by atoms with Gasteiger partial charge in [0.1, 0.15) is 9.84 Å². The number of H-pyrrole nitrogens is 1. The van der Waals surface area contributed by atoms with Crippen molar-refractivity contribution in [1.82, 2.24) is 19.7 Å². The number of nitrogens with zero attached hydrogens (tertiary/aromatic N) is 3. The summed E-state index contributed by atoms with van der Waals surface area (Å²) < 4.78 is 37.2. The van der Waals surface area contributed by atoms with Crippen molar-refractivity contribution in [2.45, 2.75) is 19.9 Å². The zero-order valence-corrected chi connectivity index (χ0v) is 20.2. The molecule has 10 heteroatoms. The molecule has 0 saturated carbocycles. The van der Waals surface area contributed by atoms with Gasteiger partial charge in [-0.05, 0) is 55.3 Å². The molecule has 0 bridgehead atoms. The highest BCUT2D eigenvalue weighted by atomic mass is 32.2. The molecule has 178 valence electrons. The highest BCUT2D eigenvalue weighted by Crippen LogP contribution is 2.33. The molecule has 0 spiro atoms. The lowest BCUT2D eigenvalue weighted by atomic mass is 10.1. The van der Waals surface area contributed by atoms with Crippen molar-refractivity contribution in [3.63, 3.8) is 0 Å². The quantitative estimate of drug-likeness (QED) is 0.410. The van der Waals surface area contributed by atoms with Gasteiger partial charge in [-0.3, -0.25) is 4.57 Å². The fraction of sp³-hybridized carbons (Fsp3) is 0.292. The smallest absolute Gasteiger partial charge is 0.327 e. The molecule has 0 amide bonds. The van der Waals surface area contributed by atoms with Crippen LogP contribution in [0.3, 0.4) is 0 Å². The van der Waals surface area contributed by atoms with Crippen molar-refractivity contribution in [2.75, 3.05) is 25.7 Å². The van der Waals surface area contributed by atoms with Gasteiger partial charge in [0.15, 0.2) is 11.5 Å². The Labute approximate surface area is 197 Å². The van der Waals surface area contributed by atoms with E-state index in [1.54, 1.807) is 30.5 Å². The van der Waals surface area contributed by atoms with Crippen LogP contribution in [0.2, 0.25) is 0 Å². The predicted molar refractivity (Wildman–Crippen MR) is 130 cm³/mol. The lowest BCUT2D eigenvalue weighted by Crippen LogP contribution is -2.28. The summed E-state index contributed by atoms with van der Waals surface area (Å²) in [6.07, 6.45) is 2.78. The van der Waals surface area contributed by atoms with E-state index < -0.39 is 21.6 Å². The lowest BCUT2D eigenvalue weighted by molar-refractivity contribution is 0.310. The minimum Gasteiger partial charge on any atom is -0.493 e. The third-order valence-corrected chi connectivity index (χ3v) is 6.48. The SMILES string of the molecule is CCOc1cc(C(CS(C)(=O)=O)n2c(=O)[nH]c3cc(-c4nnccc4C)ccc32)ccc1OC. The standard InChI is InChI=1S/C24H26N4O5S/c1-5-33-22-13-16(7-9-21(22)32-3)20(14-34(4,30)31)28-19-8-6-17(12-18(19)26-24(28)29)23-15(2)10-11-25-27-23/h6-13,20H,5,14H2,1-4H3,(H,26,29). The molecular weight excluding hydrogens is 456 g/mol. The van der Waals surface area contributed by atoms with Gasteiger partial charge in [0.25, 0.3) is 0 Å². The third kappa shape index (κ3) is 4.67. The maximum atomic E-state index is 13.1. The molecule has 0 saturated heterocycles. The second-order valence-corrected chi connectivity index (χ2v) is 10.2. The Hall–Kier alpha value is -3.66. The van der Waals surface area contributed by atoms with Gasteiger partial charge >= 0.3 is 5.69 Å². The van der Waals surface area contributed by atoms with Crippen LogP contribution in [-0.4, -0.2) is 53.9 Å². The number of benzene rings is 2. The minimum atomic E-state index is -3.44. The first kappa shape index (κ1) is 23.5. The number of sulfone groups is 1. The van der Waals surface area contributed by atoms with E-state index in [0.717, 1.165) is 17.4 Å². The topological polar surface area (TPSA) is 116 Å². The Kier molecular flexibility index (Phi) is 6.43. The highest BCUT2D eigenvalue weighted by molar-refractivity contribution is 7.90. The molecule has 4 rings (SSSR count). The number of methoxy groups -OCH3 is 1. The summed E-state index contributed by atoms with van der Waals surface area (Å²) in [5.41, 5.74) is 3.82. The van der Waals surface area contributed by atoms with Crippen molar-refractivity contribution in [3.8, 4) is 22.8 Å². The molecule has 0 radical (unpaired) electrons. The molecule has 0 aliphatic rings. The van der Waals surface area contributed by atoms with Gasteiger partial charge in [-0.15, -0.1) is 0 Å². The van der Waals surface area contributed by atoms with E-state index in [1.165, 1.54) is 11.7 Å². The van der Waals surface area contributed by atoms with E-state index in [1.807, 2.05) is 32.0 Å². The molecule has 0 aliphatic carbocycles. The van der Waals surface area contributed by atoms with Crippen molar-refractivity contribution >= 4 is 20.9 Å². The van der Waals surface area contributed by atoms with Crippen LogP contribution in [-0.2, 0) is 9.84 Å². The maximum Gasteiger partial charge on any atom is 0.327 e. The summed E-state index contributed by atoms with van der Waals surface area (Å²) in [5.74, 6) is 0.747. The number of rotatable bonds is 8. The fourth-order valence-electron chi connectivity index (χ4n) is 4.04. The van der Waals surface area contributed by atoms with Crippen LogP contribution in [0, 0.1) is 6.92 Å². The first-order valence-corrected chi connectivity index (χ1v) is 12.8. The van der Waals surface area contributed by atoms with Crippen molar-refractivity contribution in [2.24, 2.45) is 0 Å². The first-order valence-electron chi connectivity index (χ1n) is 10.7. The first-order chi connectivity index (χ1) is 16.2. The van der Waals surface area contributed by atoms with Crippen LogP contribution >= 0.6 is 0 Å². The molecule has 4 aromatic rings. The molecular formula is C24H26N4O5S. The molecule has 0 aliphatic heterocycles. The van der Waals surface area contributed by atoms with Gasteiger partial charge in [-0.1, -0.05) is 12.1 Å². The van der Waals surface area contributed by atoms with Crippen molar-refractivity contribution < 1.29 is 17.9 Å². The Bertz CT molecular complexity index is 1510. The minimum absolute atomic E-state index is 0.261. The second-order valence-electron chi connectivity index (χ2n) is 8.05. The van der Waals surface area contributed by atoms with Crippen LogP contribution in [0.25, 0.3) is 22.3 Å². The number of aromatic amines is 1. The zero-order valence-electron chi connectivity index (χ0n) is 19.4. The van der Waals surface area contributed by atoms with Crippen LogP contribution in [0.15, 0.2) is 53.5 Å². The monoisotopic (exact) mass is 482 g/mol. The summed E-state index contributed by atoms with van der Waals surface area (Å²) in [6, 6.07) is 11.7. The van der Waals surface area contributed by atoms with Gasteiger partial charge < -0.3 is 14.5 Å². The Morgan fingerprint density at radius 3 is 2.59 bits per heavy atom. The van der Waals surface area contributed by atoms with Crippen LogP contribution in [0.1, 0.15) is 24.1 Å². The number of hydrogen-bond acceptors (Lipinski definition) is 7. The summed E-state index contributed by atoms with van der Waals surface area (Å²) in [4.78, 5) is 16.0. The number of imidazole rings is 1. The Morgan fingerprint density at radius 1 is 1.12 bits per heavy atom. The average molecular weight is 483 g/mol. The number of fused-ring (bicyclic) bond motifs is 1. The van der Waals surface area contributed by atoms with E-state index in [9.17, 15) is 13.2 Å². The summed E-state index contributed by atoms with van der Waals surface area (Å²) in [7, 11) is -1.91. The van der Waals surface area contributed by atoms with Gasteiger partial charge in [0, 0.05) is 18.0 Å². The number of ether oxygens (including phenoxy) is 2. The largest absolute Gasteiger partial charge is 0.493 e. The normalized spacial score (nSPS) is 12.6. The third-order valence-electron chi connectivity index (χ3n) is 5.56. The molecule has 34 heavy (non-hydrogen) atoms. The van der Waals surface area contributed by atoms with E-state index in [2.05, 4.69) is 15.2 Å². The number of aromatic nitrogens is 4. The molecule has 1 N–H and O–H groups in total. The van der Waals surface area contributed by atoms with Crippen molar-refractivity contribution in [3.05, 3.63) is 70.3 Å². The summed E-state index contributed by atoms with van der Waals surface area (Å²) >= 11 is 0. The molecule has 0 fully saturated rings. The Balaban J connectivity index is 1.89. The van der Waals surface area contributed by atoms with E-state index in [-0.39, 0.29) is 5.75 Å². The van der Waals surface area contributed by atoms with Crippen LogP contribution in [0.5, 0.6) is 11.5 Å². The van der Waals surface area contributed by atoms with Gasteiger partial charge in [-0.2, -0.15) is 10.2 Å². The van der Waals surface area contributed by atoms with Gasteiger partial charge in [-0.25, -0.2) is 13.2 Å². The highest BCUT2D eigenvalue weighted by Gasteiger charge is 2.25. The molecule has 2 heterocycles. The van der Waals surface area contributed by atoms with Crippen LogP contribution in [0.4, 0.5) is 0 Å². The van der Waals surface area contributed by atoms with Crippen molar-refractivity contribution in [1.29, 1.82) is 0 Å². The summed E-state index contributed by atoms with van der Waals surface area (Å²) in [5, 5.41) is 8.16. The maximum absolute atomic E-state index is 13.1. The number of nitrogens with one attached hydrogen (secondary N) is 1. The molecule has 2 aromatic carbocycles. The van der Waals surface area contributed by atoms with Gasteiger partial charge in [0.2, 0.25) is 0 Å². The van der Waals surface area contributed by atoms with Crippen LogP contribution < -0.4 is 15.2 Å². The molecule has 2 aromatic heterocycles. The number of aryl methyl sites for hydroxylation is 1. The van der Waals surface area contributed by atoms with Gasteiger partial charge in [0.05, 0.1) is 42.2 Å². The molecule has 9 nitrogen and oxygen atoms in total. The zero-order chi connectivity index (χ0) is 24.5. The second kappa shape index (κ2) is 9.30. The summed E-state index contributed by atoms with van der Waals surface area (Å²) in [6.45, 7) is 4.19. The molecule has 1 unspecified atom stereocenters. The Morgan fingerprint density at radius 2 is 1.91 bits per heavy atom. The fourth-order valence-corrected chi connectivity index (χ4v) is 4.96. The van der Waals surface area contributed by atoms with E-state index in [0.29, 0.717) is 40.4 Å². The molecule has 1 atom stereocenters. The predicted octanol–water partition coefficient (Wildman–Crippen LogP) is 3.14. The lowest BCUT2D eigenvalue weighted by Gasteiger charge is -2.20.